The third kappa shape index (κ3) is 4.90. The molecule has 0 fully saturated rings. The van der Waals surface area contributed by atoms with Crippen molar-refractivity contribution in [3.05, 3.63) is 114 Å². The fraction of sp³-hybridized carbons (Fsp3) is 0.0455. The Hall–Kier alpha value is -3.17. The first-order valence-corrected chi connectivity index (χ1v) is 8.22. The molecule has 25 heavy (non-hydrogen) atoms. The molecule has 3 aromatic rings. The van der Waals surface area contributed by atoms with Crippen LogP contribution in [0.25, 0.3) is 6.08 Å². The van der Waals surface area contributed by atoms with Crippen molar-refractivity contribution in [2.24, 2.45) is 0 Å². The number of rotatable bonds is 6. The zero-order valence-corrected chi connectivity index (χ0v) is 13.8. The van der Waals surface area contributed by atoms with E-state index in [0.717, 1.165) is 11.1 Å². The molecule has 0 bridgehead atoms. The number of nitrogens with one attached hydrogen (secondary N) is 2. The van der Waals surface area contributed by atoms with Gasteiger partial charge < -0.3 is 0 Å². The molecule has 0 aliphatic carbocycles. The fourth-order valence-electron chi connectivity index (χ4n) is 2.48. The van der Waals surface area contributed by atoms with Crippen molar-refractivity contribution in [1.82, 2.24) is 10.9 Å². The quantitative estimate of drug-likeness (QED) is 0.660. The standard InChI is InChI=1S/C22H20N2O/c25-22(20-14-8-3-9-15-20)24-23-21(19-12-6-2-7-13-19)17-16-18-10-4-1-5-11-18/h1-17,21,23H,(H,24,25)/b17-16+/t21-/m1/s1. The smallest absolute Gasteiger partial charge is 0.265 e. The molecule has 0 saturated carbocycles. The van der Waals surface area contributed by atoms with E-state index in [0.29, 0.717) is 5.56 Å². The Kier molecular flexibility index (Phi) is 5.75. The lowest BCUT2D eigenvalue weighted by molar-refractivity contribution is 0.0929. The predicted octanol–water partition coefficient (Wildman–Crippen LogP) is 4.38. The number of amides is 1. The molecule has 3 aromatic carbocycles. The maximum absolute atomic E-state index is 12.3. The van der Waals surface area contributed by atoms with Gasteiger partial charge in [-0.15, -0.1) is 0 Å². The molecular formula is C22H20N2O. The van der Waals surface area contributed by atoms with Crippen LogP contribution in [-0.4, -0.2) is 5.91 Å². The van der Waals surface area contributed by atoms with E-state index in [2.05, 4.69) is 10.9 Å². The SMILES string of the molecule is O=C(NN[C@H](/C=C/c1ccccc1)c1ccccc1)c1ccccc1. The van der Waals surface area contributed by atoms with Crippen LogP contribution in [-0.2, 0) is 0 Å². The Morgan fingerprint density at radius 2 is 1.32 bits per heavy atom. The summed E-state index contributed by atoms with van der Waals surface area (Å²) in [5, 5.41) is 0. The Morgan fingerprint density at radius 1 is 0.760 bits per heavy atom. The number of hydrazine groups is 1. The molecule has 0 saturated heterocycles. The first-order chi connectivity index (χ1) is 12.3. The predicted molar refractivity (Wildman–Crippen MR) is 102 cm³/mol. The lowest BCUT2D eigenvalue weighted by Crippen LogP contribution is -2.39. The van der Waals surface area contributed by atoms with Gasteiger partial charge in [-0.05, 0) is 23.3 Å². The minimum atomic E-state index is -0.158. The summed E-state index contributed by atoms with van der Waals surface area (Å²) in [4.78, 5) is 12.3. The lowest BCUT2D eigenvalue weighted by atomic mass is 10.1. The van der Waals surface area contributed by atoms with E-state index in [1.165, 1.54) is 0 Å². The first kappa shape index (κ1) is 16.7. The van der Waals surface area contributed by atoms with Crippen LogP contribution >= 0.6 is 0 Å². The van der Waals surface area contributed by atoms with E-state index in [-0.39, 0.29) is 11.9 Å². The van der Waals surface area contributed by atoms with Gasteiger partial charge in [-0.3, -0.25) is 10.2 Å². The van der Waals surface area contributed by atoms with Crippen molar-refractivity contribution in [2.45, 2.75) is 6.04 Å². The molecule has 0 aromatic heterocycles. The molecule has 124 valence electrons. The van der Waals surface area contributed by atoms with Gasteiger partial charge in [0.25, 0.3) is 5.91 Å². The average Bonchev–Trinajstić information content (AvgIpc) is 2.70. The van der Waals surface area contributed by atoms with Crippen LogP contribution in [0.15, 0.2) is 97.1 Å². The molecule has 3 rings (SSSR count). The van der Waals surface area contributed by atoms with Crippen molar-refractivity contribution in [2.75, 3.05) is 0 Å². The lowest BCUT2D eigenvalue weighted by Gasteiger charge is -2.16. The van der Waals surface area contributed by atoms with Gasteiger partial charge in [0.15, 0.2) is 0 Å². The number of carbonyl (C=O) groups excluding carboxylic acids is 1. The highest BCUT2D eigenvalue weighted by atomic mass is 16.2. The summed E-state index contributed by atoms with van der Waals surface area (Å²) in [6.45, 7) is 0. The highest BCUT2D eigenvalue weighted by molar-refractivity contribution is 5.93. The van der Waals surface area contributed by atoms with Crippen LogP contribution in [0.3, 0.4) is 0 Å². The van der Waals surface area contributed by atoms with Gasteiger partial charge in [-0.25, -0.2) is 5.43 Å². The van der Waals surface area contributed by atoms with Gasteiger partial charge in [0.1, 0.15) is 0 Å². The minimum absolute atomic E-state index is 0.130. The highest BCUT2D eigenvalue weighted by Gasteiger charge is 2.10. The van der Waals surface area contributed by atoms with Gasteiger partial charge >= 0.3 is 0 Å². The molecule has 3 nitrogen and oxygen atoms in total. The highest BCUT2D eigenvalue weighted by Crippen LogP contribution is 2.15. The van der Waals surface area contributed by atoms with Crippen LogP contribution in [0.1, 0.15) is 27.5 Å². The molecule has 3 heteroatoms. The van der Waals surface area contributed by atoms with Crippen LogP contribution in [0.2, 0.25) is 0 Å². The molecule has 0 radical (unpaired) electrons. The Bertz CT molecular complexity index is 814. The van der Waals surface area contributed by atoms with E-state index < -0.39 is 0 Å². The Balaban J connectivity index is 1.73. The summed E-state index contributed by atoms with van der Waals surface area (Å²) < 4.78 is 0. The molecule has 0 aliphatic heterocycles. The second-order valence-electron chi connectivity index (χ2n) is 5.62. The normalized spacial score (nSPS) is 12.0. The van der Waals surface area contributed by atoms with E-state index in [9.17, 15) is 4.79 Å². The second kappa shape index (κ2) is 8.62. The molecule has 0 aliphatic rings. The third-order valence-corrected chi connectivity index (χ3v) is 3.82. The molecule has 1 atom stereocenters. The monoisotopic (exact) mass is 328 g/mol. The van der Waals surface area contributed by atoms with E-state index in [4.69, 9.17) is 0 Å². The van der Waals surface area contributed by atoms with Crippen molar-refractivity contribution < 1.29 is 4.79 Å². The van der Waals surface area contributed by atoms with E-state index in [1.807, 2.05) is 91.0 Å². The summed E-state index contributed by atoms with van der Waals surface area (Å²) in [5.74, 6) is -0.158. The van der Waals surface area contributed by atoms with Crippen molar-refractivity contribution in [3.63, 3.8) is 0 Å². The summed E-state index contributed by atoms with van der Waals surface area (Å²) in [6, 6.07) is 29.1. The zero-order chi connectivity index (χ0) is 17.3. The third-order valence-electron chi connectivity index (χ3n) is 3.82. The van der Waals surface area contributed by atoms with Crippen molar-refractivity contribution in [1.29, 1.82) is 0 Å². The summed E-state index contributed by atoms with van der Waals surface area (Å²) >= 11 is 0. The topological polar surface area (TPSA) is 41.1 Å². The van der Waals surface area contributed by atoms with E-state index in [1.54, 1.807) is 12.1 Å². The second-order valence-corrected chi connectivity index (χ2v) is 5.62. The van der Waals surface area contributed by atoms with Crippen LogP contribution in [0, 0.1) is 0 Å². The van der Waals surface area contributed by atoms with Crippen molar-refractivity contribution in [3.8, 4) is 0 Å². The van der Waals surface area contributed by atoms with Crippen LogP contribution in [0.5, 0.6) is 0 Å². The molecular weight excluding hydrogens is 308 g/mol. The van der Waals surface area contributed by atoms with Gasteiger partial charge in [0.2, 0.25) is 0 Å². The molecule has 0 heterocycles. The Morgan fingerprint density at radius 3 is 1.96 bits per heavy atom. The van der Waals surface area contributed by atoms with E-state index >= 15 is 0 Å². The van der Waals surface area contributed by atoms with Crippen LogP contribution < -0.4 is 10.9 Å². The average molecular weight is 328 g/mol. The number of carbonyl (C=O) groups is 1. The summed E-state index contributed by atoms with van der Waals surface area (Å²) in [6.07, 6.45) is 4.08. The maximum Gasteiger partial charge on any atom is 0.265 e. The van der Waals surface area contributed by atoms with Gasteiger partial charge in [0.05, 0.1) is 6.04 Å². The maximum atomic E-state index is 12.3. The first-order valence-electron chi connectivity index (χ1n) is 8.22. The van der Waals surface area contributed by atoms with Crippen molar-refractivity contribution >= 4 is 12.0 Å². The van der Waals surface area contributed by atoms with Gasteiger partial charge in [-0.2, -0.15) is 0 Å². The minimum Gasteiger partial charge on any atom is -0.287 e. The Labute approximate surface area is 148 Å². The number of benzene rings is 3. The van der Waals surface area contributed by atoms with Gasteiger partial charge in [0, 0.05) is 5.56 Å². The fourth-order valence-corrected chi connectivity index (χ4v) is 2.48. The molecule has 2 N–H and O–H groups in total. The summed E-state index contributed by atoms with van der Waals surface area (Å²) in [5.41, 5.74) is 8.71. The molecule has 1 amide bonds. The zero-order valence-electron chi connectivity index (χ0n) is 13.8. The molecule has 0 unspecified atom stereocenters. The number of hydrogen-bond acceptors (Lipinski definition) is 2. The van der Waals surface area contributed by atoms with Crippen LogP contribution in [0.4, 0.5) is 0 Å². The molecule has 0 spiro atoms. The largest absolute Gasteiger partial charge is 0.287 e. The summed E-state index contributed by atoms with van der Waals surface area (Å²) in [7, 11) is 0. The number of hydrogen-bond donors (Lipinski definition) is 2. The van der Waals surface area contributed by atoms with Gasteiger partial charge in [-0.1, -0.05) is 91.0 Å².